The van der Waals surface area contributed by atoms with Crippen molar-refractivity contribution in [2.24, 2.45) is 0 Å². The normalized spacial score (nSPS) is 10.2. The van der Waals surface area contributed by atoms with Crippen molar-refractivity contribution in [1.29, 1.82) is 0 Å². The highest BCUT2D eigenvalue weighted by atomic mass is 32.2. The molecule has 0 radical (unpaired) electrons. The maximum atomic E-state index is 10.7. The quantitative estimate of drug-likeness (QED) is 0.902. The fraction of sp³-hybridized carbons (Fsp3) is 0.0833. The van der Waals surface area contributed by atoms with Gasteiger partial charge in [-0.3, -0.25) is 0 Å². The molecule has 0 fully saturated rings. The molecule has 0 unspecified atom stereocenters. The van der Waals surface area contributed by atoms with Crippen LogP contribution >= 0.6 is 11.8 Å². The second kappa shape index (κ2) is 4.97. The van der Waals surface area contributed by atoms with Gasteiger partial charge in [0, 0.05) is 11.9 Å². The Morgan fingerprint density at radius 2 is 2.06 bits per heavy atom. The van der Waals surface area contributed by atoms with Crippen LogP contribution in [0.4, 0.5) is 0 Å². The average Bonchev–Trinajstić information content (AvgIpc) is 2.29. The van der Waals surface area contributed by atoms with Gasteiger partial charge >= 0.3 is 5.97 Å². The Morgan fingerprint density at radius 3 is 2.65 bits per heavy atom. The first-order valence-corrected chi connectivity index (χ1v) is 5.77. The smallest absolute Gasteiger partial charge is 0.337 e. The van der Waals surface area contributed by atoms with Crippen LogP contribution in [0.15, 0.2) is 46.6 Å². The maximum Gasteiger partial charge on any atom is 0.337 e. The fourth-order valence-corrected chi connectivity index (χ4v) is 2.04. The van der Waals surface area contributed by atoms with Gasteiger partial charge in [0.1, 0.15) is 10.1 Å². The van der Waals surface area contributed by atoms with E-state index in [0.717, 1.165) is 15.7 Å². The van der Waals surface area contributed by atoms with E-state index in [-0.39, 0.29) is 5.56 Å². The largest absolute Gasteiger partial charge is 0.478 e. The first kappa shape index (κ1) is 11.6. The third kappa shape index (κ3) is 3.04. The number of rotatable bonds is 3. The minimum Gasteiger partial charge on any atom is -0.478 e. The van der Waals surface area contributed by atoms with Crippen LogP contribution in [0.1, 0.15) is 16.1 Å². The minimum atomic E-state index is -0.970. The van der Waals surface area contributed by atoms with Gasteiger partial charge in [0.25, 0.3) is 0 Å². The Balaban J connectivity index is 2.16. The zero-order valence-electron chi connectivity index (χ0n) is 9.12. The molecule has 0 aliphatic heterocycles. The van der Waals surface area contributed by atoms with Gasteiger partial charge in [-0.05, 0) is 31.2 Å². The van der Waals surface area contributed by atoms with Crippen molar-refractivity contribution in [2.45, 2.75) is 17.0 Å². The second-order valence-electron chi connectivity index (χ2n) is 3.41. The summed E-state index contributed by atoms with van der Waals surface area (Å²) in [5.41, 5.74) is 1.13. The number of hydrogen-bond acceptors (Lipinski definition) is 4. The third-order valence-corrected chi connectivity index (χ3v) is 2.94. The lowest BCUT2D eigenvalue weighted by atomic mass is 10.3. The highest BCUT2D eigenvalue weighted by Gasteiger charge is 2.04. The van der Waals surface area contributed by atoms with E-state index in [1.807, 2.05) is 25.1 Å². The summed E-state index contributed by atoms with van der Waals surface area (Å²) in [5.74, 6) is -0.970. The molecule has 0 atom stereocenters. The van der Waals surface area contributed by atoms with E-state index in [1.165, 1.54) is 24.0 Å². The fourth-order valence-electron chi connectivity index (χ4n) is 1.25. The molecule has 0 aromatic carbocycles. The zero-order chi connectivity index (χ0) is 12.3. The summed E-state index contributed by atoms with van der Waals surface area (Å²) >= 11 is 1.41. The first-order valence-electron chi connectivity index (χ1n) is 4.96. The number of aromatic nitrogens is 2. The molecule has 2 aromatic heterocycles. The van der Waals surface area contributed by atoms with Crippen LogP contribution in [-0.4, -0.2) is 21.0 Å². The van der Waals surface area contributed by atoms with Crippen LogP contribution in [-0.2, 0) is 0 Å². The Hall–Kier alpha value is -1.88. The van der Waals surface area contributed by atoms with Gasteiger partial charge in [0.15, 0.2) is 0 Å². The highest BCUT2D eigenvalue weighted by Crippen LogP contribution is 2.23. The Morgan fingerprint density at radius 1 is 1.24 bits per heavy atom. The van der Waals surface area contributed by atoms with Gasteiger partial charge in [-0.1, -0.05) is 17.8 Å². The van der Waals surface area contributed by atoms with Crippen molar-refractivity contribution in [3.8, 4) is 0 Å². The molecule has 86 valence electrons. The molecule has 0 aliphatic carbocycles. The number of carboxylic acid groups (broad SMARTS) is 1. The SMILES string of the molecule is Cc1cccc(Sc2ccc(C(=O)O)cn2)n1. The van der Waals surface area contributed by atoms with E-state index in [0.29, 0.717) is 0 Å². The monoisotopic (exact) mass is 246 g/mol. The molecule has 0 aliphatic rings. The number of pyridine rings is 2. The van der Waals surface area contributed by atoms with Gasteiger partial charge in [-0.25, -0.2) is 14.8 Å². The summed E-state index contributed by atoms with van der Waals surface area (Å²) in [6.07, 6.45) is 1.35. The molecule has 1 N–H and O–H groups in total. The predicted octanol–water partition coefficient (Wildman–Crippen LogP) is 2.63. The summed E-state index contributed by atoms with van der Waals surface area (Å²) < 4.78 is 0. The highest BCUT2D eigenvalue weighted by molar-refractivity contribution is 7.99. The number of aryl methyl sites for hydroxylation is 1. The molecule has 5 heteroatoms. The van der Waals surface area contributed by atoms with Gasteiger partial charge in [0.2, 0.25) is 0 Å². The lowest BCUT2D eigenvalue weighted by Gasteiger charge is -2.01. The van der Waals surface area contributed by atoms with E-state index in [1.54, 1.807) is 6.07 Å². The zero-order valence-corrected chi connectivity index (χ0v) is 9.94. The molecular formula is C12H10N2O2S. The Bertz CT molecular complexity index is 540. The number of carbonyl (C=O) groups is 1. The van der Waals surface area contributed by atoms with Crippen LogP contribution in [0, 0.1) is 6.92 Å². The summed E-state index contributed by atoms with van der Waals surface area (Å²) in [5, 5.41) is 10.3. The lowest BCUT2D eigenvalue weighted by Crippen LogP contribution is -1.96. The molecule has 2 aromatic rings. The van der Waals surface area contributed by atoms with Crippen LogP contribution in [0.2, 0.25) is 0 Å². The average molecular weight is 246 g/mol. The van der Waals surface area contributed by atoms with Crippen molar-refractivity contribution in [3.63, 3.8) is 0 Å². The molecule has 0 bridgehead atoms. The van der Waals surface area contributed by atoms with Gasteiger partial charge in [-0.2, -0.15) is 0 Å². The first-order chi connectivity index (χ1) is 8.15. The van der Waals surface area contributed by atoms with Crippen molar-refractivity contribution in [2.75, 3.05) is 0 Å². The molecule has 2 rings (SSSR count). The van der Waals surface area contributed by atoms with Gasteiger partial charge < -0.3 is 5.11 Å². The summed E-state index contributed by atoms with van der Waals surface area (Å²) in [6.45, 7) is 1.92. The number of nitrogens with zero attached hydrogens (tertiary/aromatic N) is 2. The molecule has 0 spiro atoms. The van der Waals surface area contributed by atoms with Crippen molar-refractivity contribution < 1.29 is 9.90 Å². The molecule has 4 nitrogen and oxygen atoms in total. The van der Waals surface area contributed by atoms with Crippen molar-refractivity contribution in [3.05, 3.63) is 47.8 Å². The number of aromatic carboxylic acids is 1. The minimum absolute atomic E-state index is 0.187. The Labute approximate surface area is 103 Å². The van der Waals surface area contributed by atoms with Crippen molar-refractivity contribution >= 4 is 17.7 Å². The molecule has 0 saturated carbocycles. The Kier molecular flexibility index (Phi) is 3.39. The van der Waals surface area contributed by atoms with Crippen LogP contribution in [0.5, 0.6) is 0 Å². The number of hydrogen-bond donors (Lipinski definition) is 1. The van der Waals surface area contributed by atoms with E-state index in [9.17, 15) is 4.79 Å². The second-order valence-corrected chi connectivity index (χ2v) is 4.45. The lowest BCUT2D eigenvalue weighted by molar-refractivity contribution is 0.0696. The number of carboxylic acids is 1. The standard InChI is InChI=1S/C12H10N2O2S/c1-8-3-2-4-11(14-8)17-10-6-5-9(7-13-10)12(15)16/h2-7H,1H3,(H,15,16). The molecule has 0 saturated heterocycles. The molecular weight excluding hydrogens is 236 g/mol. The summed E-state index contributed by atoms with van der Waals surface area (Å²) in [4.78, 5) is 19.1. The third-order valence-electron chi connectivity index (χ3n) is 2.06. The van der Waals surface area contributed by atoms with Crippen LogP contribution in [0.3, 0.4) is 0 Å². The van der Waals surface area contributed by atoms with E-state index in [2.05, 4.69) is 9.97 Å². The van der Waals surface area contributed by atoms with E-state index >= 15 is 0 Å². The van der Waals surface area contributed by atoms with Gasteiger partial charge in [-0.15, -0.1) is 0 Å². The molecule has 0 amide bonds. The summed E-state index contributed by atoms with van der Waals surface area (Å²) in [7, 11) is 0. The van der Waals surface area contributed by atoms with Crippen molar-refractivity contribution in [1.82, 2.24) is 9.97 Å². The molecule has 2 heterocycles. The summed E-state index contributed by atoms with van der Waals surface area (Å²) in [6, 6.07) is 8.96. The predicted molar refractivity (Wildman–Crippen MR) is 64.3 cm³/mol. The van der Waals surface area contributed by atoms with E-state index < -0.39 is 5.97 Å². The maximum absolute atomic E-state index is 10.7. The topological polar surface area (TPSA) is 63.1 Å². The van der Waals surface area contributed by atoms with Crippen LogP contribution < -0.4 is 0 Å². The van der Waals surface area contributed by atoms with E-state index in [4.69, 9.17) is 5.11 Å². The molecule has 17 heavy (non-hydrogen) atoms. The van der Waals surface area contributed by atoms with Gasteiger partial charge in [0.05, 0.1) is 5.56 Å². The van der Waals surface area contributed by atoms with Crippen LogP contribution in [0.25, 0.3) is 0 Å².